The average Bonchev–Trinajstić information content (AvgIpc) is 2.62. The fourth-order valence-corrected chi connectivity index (χ4v) is 2.87. The van der Waals surface area contributed by atoms with E-state index >= 15 is 0 Å². The number of rotatable bonds is 4. The van der Waals surface area contributed by atoms with Crippen LogP contribution in [0.3, 0.4) is 0 Å². The van der Waals surface area contributed by atoms with Crippen LogP contribution < -0.4 is 10.2 Å². The van der Waals surface area contributed by atoms with Gasteiger partial charge in [-0.2, -0.15) is 13.2 Å². The summed E-state index contributed by atoms with van der Waals surface area (Å²) < 4.78 is 37.8. The molecule has 0 radical (unpaired) electrons. The van der Waals surface area contributed by atoms with Crippen molar-refractivity contribution in [3.8, 4) is 0 Å². The zero-order valence-electron chi connectivity index (χ0n) is 13.7. The summed E-state index contributed by atoms with van der Waals surface area (Å²) in [4.78, 5) is 21.3. The van der Waals surface area contributed by atoms with Crippen LogP contribution in [-0.2, 0) is 11.0 Å². The Kier molecular flexibility index (Phi) is 4.97. The molecule has 1 aliphatic heterocycles. The molecule has 1 atom stereocenters. The Morgan fingerprint density at radius 1 is 1.23 bits per heavy atom. The molecule has 6 nitrogen and oxygen atoms in total. The molecule has 0 bridgehead atoms. The molecule has 1 aromatic carbocycles. The van der Waals surface area contributed by atoms with Crippen molar-refractivity contribution in [3.63, 3.8) is 0 Å². The van der Waals surface area contributed by atoms with Gasteiger partial charge in [0.1, 0.15) is 18.0 Å². The number of aliphatic carboxylic acids is 1. The number of piperidine rings is 1. The number of hydrogen-bond acceptors (Lipinski definition) is 5. The lowest BCUT2D eigenvalue weighted by Gasteiger charge is -2.31. The summed E-state index contributed by atoms with van der Waals surface area (Å²) in [5, 5.41) is 12.1. The van der Waals surface area contributed by atoms with Crippen LogP contribution in [0.5, 0.6) is 0 Å². The van der Waals surface area contributed by atoms with E-state index in [1.807, 2.05) is 4.90 Å². The Balaban J connectivity index is 1.72. The highest BCUT2D eigenvalue weighted by atomic mass is 19.4. The van der Waals surface area contributed by atoms with E-state index in [0.717, 1.165) is 18.6 Å². The van der Waals surface area contributed by atoms with Crippen LogP contribution >= 0.6 is 0 Å². The van der Waals surface area contributed by atoms with E-state index in [0.29, 0.717) is 36.8 Å². The van der Waals surface area contributed by atoms with Crippen LogP contribution in [0.2, 0.25) is 0 Å². The van der Waals surface area contributed by atoms with Gasteiger partial charge in [0.2, 0.25) is 0 Å². The van der Waals surface area contributed by atoms with Crippen LogP contribution in [0.15, 0.2) is 36.7 Å². The van der Waals surface area contributed by atoms with Gasteiger partial charge in [-0.3, -0.25) is 4.79 Å². The highest BCUT2D eigenvalue weighted by molar-refractivity contribution is 5.71. The lowest BCUT2D eigenvalue weighted by atomic mass is 9.98. The molecule has 0 amide bonds. The molecule has 0 saturated carbocycles. The number of hydrogen-bond donors (Lipinski definition) is 2. The molecule has 1 saturated heterocycles. The van der Waals surface area contributed by atoms with E-state index in [-0.39, 0.29) is 0 Å². The van der Waals surface area contributed by atoms with Crippen molar-refractivity contribution in [1.82, 2.24) is 9.97 Å². The molecule has 2 aromatic rings. The van der Waals surface area contributed by atoms with Crippen molar-refractivity contribution in [2.45, 2.75) is 19.0 Å². The van der Waals surface area contributed by atoms with Gasteiger partial charge in [0.15, 0.2) is 0 Å². The van der Waals surface area contributed by atoms with E-state index in [9.17, 15) is 23.1 Å². The van der Waals surface area contributed by atoms with Crippen molar-refractivity contribution in [2.75, 3.05) is 23.3 Å². The molecule has 2 N–H and O–H groups in total. The van der Waals surface area contributed by atoms with Crippen molar-refractivity contribution in [3.05, 3.63) is 42.2 Å². The predicted molar refractivity (Wildman–Crippen MR) is 89.3 cm³/mol. The predicted octanol–water partition coefficient (Wildman–Crippen LogP) is 3.54. The van der Waals surface area contributed by atoms with Crippen molar-refractivity contribution < 1.29 is 23.1 Å². The van der Waals surface area contributed by atoms with Gasteiger partial charge in [0, 0.05) is 24.8 Å². The quantitative estimate of drug-likeness (QED) is 0.862. The second kappa shape index (κ2) is 7.19. The maximum Gasteiger partial charge on any atom is 0.416 e. The lowest BCUT2D eigenvalue weighted by Crippen LogP contribution is -2.39. The SMILES string of the molecule is O=C(O)[C@H]1CCCN(c2cc(Nc3ccc(C(F)(F)F)cc3)ncn2)C1. The van der Waals surface area contributed by atoms with Crippen molar-refractivity contribution in [1.29, 1.82) is 0 Å². The minimum atomic E-state index is -4.38. The number of carboxylic acids is 1. The van der Waals surface area contributed by atoms with Crippen LogP contribution in [0.25, 0.3) is 0 Å². The van der Waals surface area contributed by atoms with Gasteiger partial charge < -0.3 is 15.3 Å². The van der Waals surface area contributed by atoms with Crippen LogP contribution in [-0.4, -0.2) is 34.1 Å². The monoisotopic (exact) mass is 366 g/mol. The highest BCUT2D eigenvalue weighted by Gasteiger charge is 2.30. The number of carbonyl (C=O) groups is 1. The molecule has 1 aromatic heterocycles. The number of halogens is 3. The standard InChI is InChI=1S/C17H17F3N4O2/c18-17(19,20)12-3-5-13(6-4-12)23-14-8-15(22-10-21-14)24-7-1-2-11(9-24)16(25)26/h3-6,8,10-11H,1-2,7,9H2,(H,25,26)(H,21,22,23)/t11-/m0/s1. The normalized spacial score (nSPS) is 17.8. The first-order valence-electron chi connectivity index (χ1n) is 8.07. The summed E-state index contributed by atoms with van der Waals surface area (Å²) in [5.41, 5.74) is -0.260. The van der Waals surface area contributed by atoms with Crippen LogP contribution in [0.1, 0.15) is 18.4 Å². The third kappa shape index (κ3) is 4.22. The average molecular weight is 366 g/mol. The van der Waals surface area contributed by atoms with E-state index in [4.69, 9.17) is 0 Å². The van der Waals surface area contributed by atoms with Crippen molar-refractivity contribution in [2.24, 2.45) is 5.92 Å². The number of nitrogens with zero attached hydrogens (tertiary/aromatic N) is 3. The molecule has 0 aliphatic carbocycles. The van der Waals surface area contributed by atoms with E-state index in [2.05, 4.69) is 15.3 Å². The molecule has 0 unspecified atom stereocenters. The minimum Gasteiger partial charge on any atom is -0.481 e. The Hall–Kier alpha value is -2.84. The number of benzene rings is 1. The first-order valence-corrected chi connectivity index (χ1v) is 8.07. The highest BCUT2D eigenvalue weighted by Crippen LogP contribution is 2.30. The van der Waals surface area contributed by atoms with Gasteiger partial charge in [-0.1, -0.05) is 0 Å². The summed E-state index contributed by atoms with van der Waals surface area (Å²) in [6, 6.07) is 6.29. The minimum absolute atomic E-state index is 0.367. The largest absolute Gasteiger partial charge is 0.481 e. The Bertz CT molecular complexity index is 780. The summed E-state index contributed by atoms with van der Waals surface area (Å²) in [6.45, 7) is 1.06. The summed E-state index contributed by atoms with van der Waals surface area (Å²) >= 11 is 0. The van der Waals surface area contributed by atoms with Crippen molar-refractivity contribution >= 4 is 23.3 Å². The molecule has 0 spiro atoms. The van der Waals surface area contributed by atoms with Gasteiger partial charge in [0.05, 0.1) is 11.5 Å². The smallest absolute Gasteiger partial charge is 0.416 e. The maximum absolute atomic E-state index is 12.6. The molecular formula is C17H17F3N4O2. The van der Waals surface area contributed by atoms with Crippen LogP contribution in [0.4, 0.5) is 30.5 Å². The van der Waals surface area contributed by atoms with Gasteiger partial charge >= 0.3 is 12.1 Å². The van der Waals surface area contributed by atoms with E-state index in [1.54, 1.807) is 6.07 Å². The van der Waals surface area contributed by atoms with Crippen LogP contribution in [0, 0.1) is 5.92 Å². The van der Waals surface area contributed by atoms with E-state index < -0.39 is 23.6 Å². The number of aromatic nitrogens is 2. The summed E-state index contributed by atoms with van der Waals surface area (Å²) in [5.74, 6) is -0.260. The molecule has 9 heteroatoms. The van der Waals surface area contributed by atoms with Gasteiger partial charge in [-0.05, 0) is 37.1 Å². The first kappa shape index (κ1) is 18.0. The Labute approximate surface area is 147 Å². The number of anilines is 3. The lowest BCUT2D eigenvalue weighted by molar-refractivity contribution is -0.142. The molecule has 138 valence electrons. The molecule has 2 heterocycles. The third-order valence-electron chi connectivity index (χ3n) is 4.23. The topological polar surface area (TPSA) is 78.4 Å². The van der Waals surface area contributed by atoms with Gasteiger partial charge in [0.25, 0.3) is 0 Å². The fourth-order valence-electron chi connectivity index (χ4n) is 2.87. The number of alkyl halides is 3. The second-order valence-electron chi connectivity index (χ2n) is 6.08. The fraction of sp³-hybridized carbons (Fsp3) is 0.353. The molecule has 1 aliphatic rings. The number of carboxylic acid groups (broad SMARTS) is 1. The number of nitrogens with one attached hydrogen (secondary N) is 1. The molecule has 1 fully saturated rings. The summed E-state index contributed by atoms with van der Waals surface area (Å²) in [6.07, 6.45) is -1.65. The Morgan fingerprint density at radius 3 is 2.62 bits per heavy atom. The molecule has 3 rings (SSSR count). The third-order valence-corrected chi connectivity index (χ3v) is 4.23. The molecular weight excluding hydrogens is 349 g/mol. The zero-order valence-corrected chi connectivity index (χ0v) is 13.7. The maximum atomic E-state index is 12.6. The van der Waals surface area contributed by atoms with Gasteiger partial charge in [-0.25, -0.2) is 9.97 Å². The molecule has 26 heavy (non-hydrogen) atoms. The first-order chi connectivity index (χ1) is 12.3. The zero-order chi connectivity index (χ0) is 18.7. The summed E-state index contributed by atoms with van der Waals surface area (Å²) in [7, 11) is 0. The Morgan fingerprint density at radius 2 is 1.96 bits per heavy atom. The van der Waals surface area contributed by atoms with Gasteiger partial charge in [-0.15, -0.1) is 0 Å². The second-order valence-corrected chi connectivity index (χ2v) is 6.08. The van der Waals surface area contributed by atoms with E-state index in [1.165, 1.54) is 18.5 Å².